The molecule has 1 amide bonds. The summed E-state index contributed by atoms with van der Waals surface area (Å²) in [7, 11) is 0. The fourth-order valence-corrected chi connectivity index (χ4v) is 4.53. The van der Waals surface area contributed by atoms with E-state index >= 15 is 0 Å². The molecule has 1 saturated heterocycles. The van der Waals surface area contributed by atoms with Gasteiger partial charge in [-0.3, -0.25) is 19.8 Å². The van der Waals surface area contributed by atoms with Gasteiger partial charge in [-0.2, -0.15) is 0 Å². The van der Waals surface area contributed by atoms with E-state index in [0.717, 1.165) is 16.3 Å². The van der Waals surface area contributed by atoms with E-state index in [2.05, 4.69) is 0 Å². The van der Waals surface area contributed by atoms with Crippen molar-refractivity contribution in [3.63, 3.8) is 0 Å². The summed E-state index contributed by atoms with van der Waals surface area (Å²) in [5.41, 5.74) is 1.27. The minimum Gasteiger partial charge on any atom is -0.493 e. The number of anilines is 1. The number of nitro groups is 1. The lowest BCUT2D eigenvalue weighted by Gasteiger charge is -2.14. The van der Waals surface area contributed by atoms with Gasteiger partial charge in [0.1, 0.15) is 5.75 Å². The molecule has 0 atom stereocenters. The zero-order chi connectivity index (χ0) is 21.3. The maximum absolute atomic E-state index is 13.1. The van der Waals surface area contributed by atoms with Crippen molar-refractivity contribution in [3.8, 4) is 5.75 Å². The number of hydrogen-bond donors (Lipinski definition) is 0. The summed E-state index contributed by atoms with van der Waals surface area (Å²) in [6, 6.07) is 17.5. The second kappa shape index (κ2) is 8.25. The van der Waals surface area contributed by atoms with Crippen molar-refractivity contribution in [2.24, 2.45) is 0 Å². The molecule has 1 fully saturated rings. The first-order valence-corrected chi connectivity index (χ1v) is 10.4. The van der Waals surface area contributed by atoms with Crippen LogP contribution in [0.4, 0.5) is 11.4 Å². The second-order valence-electron chi connectivity index (χ2n) is 6.42. The molecule has 3 aromatic rings. The number of fused-ring (bicyclic) bond motifs is 1. The average molecular weight is 437 g/mol. The molecule has 8 heteroatoms. The number of thioether (sulfide) groups is 1. The molecule has 150 valence electrons. The molecule has 0 radical (unpaired) electrons. The Morgan fingerprint density at radius 1 is 1.13 bits per heavy atom. The maximum atomic E-state index is 13.1. The second-order valence-corrected chi connectivity index (χ2v) is 8.10. The number of carbonyl (C=O) groups is 1. The number of benzene rings is 3. The SMILES string of the molecule is CCOc1ccc2ccccc2c1/C=C1\SC(=S)N(c2ccc([N+](=O)[O-])cc2)C1=O. The minimum absolute atomic E-state index is 0.0446. The molecule has 0 aromatic heterocycles. The molecule has 1 heterocycles. The molecule has 6 nitrogen and oxygen atoms in total. The lowest BCUT2D eigenvalue weighted by Crippen LogP contribution is -2.27. The molecule has 1 aliphatic heterocycles. The van der Waals surface area contributed by atoms with E-state index in [1.807, 2.05) is 43.3 Å². The number of thiocarbonyl (C=S) groups is 1. The largest absolute Gasteiger partial charge is 0.493 e. The van der Waals surface area contributed by atoms with Crippen LogP contribution in [-0.2, 0) is 4.79 Å². The van der Waals surface area contributed by atoms with Gasteiger partial charge < -0.3 is 4.74 Å². The Hall–Kier alpha value is -3.23. The van der Waals surface area contributed by atoms with E-state index in [4.69, 9.17) is 17.0 Å². The van der Waals surface area contributed by atoms with Crippen LogP contribution in [-0.4, -0.2) is 21.8 Å². The van der Waals surface area contributed by atoms with Crippen molar-refractivity contribution in [3.05, 3.63) is 81.2 Å². The summed E-state index contributed by atoms with van der Waals surface area (Å²) < 4.78 is 6.16. The Balaban J connectivity index is 1.75. The van der Waals surface area contributed by atoms with Crippen molar-refractivity contribution in [2.75, 3.05) is 11.5 Å². The first kappa shape index (κ1) is 20.1. The van der Waals surface area contributed by atoms with Crippen LogP contribution in [0.3, 0.4) is 0 Å². The summed E-state index contributed by atoms with van der Waals surface area (Å²) >= 11 is 6.62. The van der Waals surface area contributed by atoms with Crippen molar-refractivity contribution in [2.45, 2.75) is 6.92 Å². The third kappa shape index (κ3) is 3.67. The summed E-state index contributed by atoms with van der Waals surface area (Å²) in [6.45, 7) is 2.41. The maximum Gasteiger partial charge on any atom is 0.270 e. The van der Waals surface area contributed by atoms with Gasteiger partial charge in [0.05, 0.1) is 22.1 Å². The molecule has 1 aliphatic rings. The predicted molar refractivity (Wildman–Crippen MR) is 124 cm³/mol. The fourth-order valence-electron chi connectivity index (χ4n) is 3.25. The normalized spacial score (nSPS) is 15.2. The number of non-ortho nitro benzene ring substituents is 1. The predicted octanol–water partition coefficient (Wildman–Crippen LogP) is 5.55. The van der Waals surface area contributed by atoms with Crippen LogP contribution in [0.1, 0.15) is 12.5 Å². The Morgan fingerprint density at radius 3 is 2.57 bits per heavy atom. The highest BCUT2D eigenvalue weighted by atomic mass is 32.2. The molecule has 0 unspecified atom stereocenters. The fraction of sp³-hybridized carbons (Fsp3) is 0.0909. The smallest absolute Gasteiger partial charge is 0.270 e. The molecule has 0 N–H and O–H groups in total. The molecule has 30 heavy (non-hydrogen) atoms. The lowest BCUT2D eigenvalue weighted by molar-refractivity contribution is -0.384. The highest BCUT2D eigenvalue weighted by Crippen LogP contribution is 2.39. The number of amides is 1. The highest BCUT2D eigenvalue weighted by molar-refractivity contribution is 8.27. The molecular formula is C22H16N2O4S2. The first-order chi connectivity index (χ1) is 14.5. The molecule has 0 bridgehead atoms. The van der Waals surface area contributed by atoms with E-state index < -0.39 is 4.92 Å². The topological polar surface area (TPSA) is 72.7 Å². The van der Waals surface area contributed by atoms with Gasteiger partial charge in [0.15, 0.2) is 4.32 Å². The standard InChI is InChI=1S/C22H16N2O4S2/c1-2-28-19-12-7-14-5-3-4-6-17(14)18(19)13-20-21(25)23(22(29)30-20)15-8-10-16(11-9-15)24(26)27/h3-13H,2H2,1H3/b20-13-. The molecular weight excluding hydrogens is 420 g/mol. The van der Waals surface area contributed by atoms with Crippen molar-refractivity contribution in [1.29, 1.82) is 0 Å². The van der Waals surface area contributed by atoms with Crippen molar-refractivity contribution in [1.82, 2.24) is 0 Å². The van der Waals surface area contributed by atoms with Gasteiger partial charge in [-0.1, -0.05) is 54.3 Å². The Morgan fingerprint density at radius 2 is 1.87 bits per heavy atom. The minimum atomic E-state index is -0.482. The van der Waals surface area contributed by atoms with Crippen LogP contribution < -0.4 is 9.64 Å². The van der Waals surface area contributed by atoms with Gasteiger partial charge in [0.25, 0.3) is 11.6 Å². The van der Waals surface area contributed by atoms with Crippen LogP contribution >= 0.6 is 24.0 Å². The zero-order valence-corrected chi connectivity index (χ0v) is 17.5. The Bertz CT molecular complexity index is 1210. The van der Waals surface area contributed by atoms with Crippen LogP contribution in [0, 0.1) is 10.1 Å². The zero-order valence-electron chi connectivity index (χ0n) is 15.9. The molecule has 0 saturated carbocycles. The van der Waals surface area contributed by atoms with Crippen LogP contribution in [0.5, 0.6) is 5.75 Å². The van der Waals surface area contributed by atoms with Gasteiger partial charge in [0, 0.05) is 17.7 Å². The average Bonchev–Trinajstić information content (AvgIpc) is 3.03. The van der Waals surface area contributed by atoms with E-state index in [1.54, 1.807) is 6.08 Å². The van der Waals surface area contributed by atoms with E-state index in [9.17, 15) is 14.9 Å². The molecule has 0 aliphatic carbocycles. The number of ether oxygens (including phenoxy) is 1. The van der Waals surface area contributed by atoms with Crippen molar-refractivity contribution >= 4 is 62.4 Å². The molecule has 3 aromatic carbocycles. The summed E-state index contributed by atoms with van der Waals surface area (Å²) in [5, 5.41) is 12.9. The summed E-state index contributed by atoms with van der Waals surface area (Å²) in [4.78, 5) is 25.4. The molecule has 4 rings (SSSR count). The van der Waals surface area contributed by atoms with Gasteiger partial charge >= 0.3 is 0 Å². The number of carbonyl (C=O) groups excluding carboxylic acids is 1. The Labute approximate surface area is 182 Å². The summed E-state index contributed by atoms with van der Waals surface area (Å²) in [5.74, 6) is 0.422. The first-order valence-electron chi connectivity index (χ1n) is 9.16. The number of nitro benzene ring substituents is 1. The van der Waals surface area contributed by atoms with Crippen LogP contribution in [0.2, 0.25) is 0 Å². The third-order valence-electron chi connectivity index (χ3n) is 4.62. The molecule has 0 spiro atoms. The van der Waals surface area contributed by atoms with Gasteiger partial charge in [-0.25, -0.2) is 0 Å². The van der Waals surface area contributed by atoms with E-state index in [-0.39, 0.29) is 11.6 Å². The third-order valence-corrected chi connectivity index (χ3v) is 5.92. The number of nitrogens with zero attached hydrogens (tertiary/aromatic N) is 2. The number of hydrogen-bond acceptors (Lipinski definition) is 6. The monoisotopic (exact) mass is 436 g/mol. The van der Waals surface area contributed by atoms with Crippen molar-refractivity contribution < 1.29 is 14.5 Å². The highest BCUT2D eigenvalue weighted by Gasteiger charge is 2.33. The van der Waals surface area contributed by atoms with Gasteiger partial charge in [0.2, 0.25) is 0 Å². The van der Waals surface area contributed by atoms with Gasteiger partial charge in [-0.05, 0) is 42.0 Å². The quantitative estimate of drug-likeness (QED) is 0.226. The van der Waals surface area contributed by atoms with Crippen LogP contribution in [0.15, 0.2) is 65.6 Å². The van der Waals surface area contributed by atoms with Gasteiger partial charge in [-0.15, -0.1) is 0 Å². The lowest BCUT2D eigenvalue weighted by atomic mass is 10.0. The Kier molecular flexibility index (Phi) is 5.52. The van der Waals surface area contributed by atoms with E-state index in [0.29, 0.717) is 27.3 Å². The summed E-state index contributed by atoms with van der Waals surface area (Å²) in [6.07, 6.45) is 1.80. The van der Waals surface area contributed by atoms with Crippen LogP contribution in [0.25, 0.3) is 16.8 Å². The van der Waals surface area contributed by atoms with E-state index in [1.165, 1.54) is 40.9 Å². The number of rotatable bonds is 5.